The summed E-state index contributed by atoms with van der Waals surface area (Å²) in [5.41, 5.74) is -1.88. The van der Waals surface area contributed by atoms with Gasteiger partial charge in [-0.3, -0.25) is 14.4 Å². The minimum Gasteiger partial charge on any atom is -2.00 e. The molecule has 9 atom stereocenters. The predicted octanol–water partition coefficient (Wildman–Crippen LogP) is 0.0759. The Hall–Kier alpha value is -0.894. The number of hydrogen-bond donors (Lipinski definition) is 0. The maximum absolute atomic E-state index is 11.9. The molecule has 6 bridgehead atoms. The Labute approximate surface area is 309 Å². The Balaban J connectivity index is 0.000000633. The standard InChI is InChI=1S/3C11H16O3.2Bi.H2O.O/c3*1-10(2)6-4-5-11(10,3)8(12)7(6)9(13)14;;;;/h3*6-7H,4-5H2,1-3H3,(H,13,14);;;1H2;/q;;;2*+3;;-2/p-4/t3*6-,7+,11+;;;;/m111..../s1. The largest absolute Gasteiger partial charge is 3.00 e. The van der Waals surface area contributed by atoms with Gasteiger partial charge in [-0.05, 0) is 72.5 Å². The third-order valence-corrected chi connectivity index (χ3v) is 14.4. The Morgan fingerprint density at radius 1 is 0.500 bits per heavy atom. The summed E-state index contributed by atoms with van der Waals surface area (Å²) in [6.07, 6.45) is 5.00. The molecule has 0 spiro atoms. The SMILES string of the molecule is CC1(C)[C@@H]2CC[C@@]1(C)C(=O)[C@H]2C(=O)[O-].CC1(C)[C@@H]2CC[C@@]1(C)C(=O)[C@H]2C(=O)[O-].CC1(C)[C@@H]2CC[C@@]1(C)C(=O)[C@H]2C(=O)[O-].[Bi+3].[Bi+3].[O-2].[OH-]. The van der Waals surface area contributed by atoms with Crippen LogP contribution < -0.4 is 15.3 Å². The molecule has 0 aromatic rings. The van der Waals surface area contributed by atoms with Crippen LogP contribution in [0.1, 0.15) is 101 Å². The fraction of sp³-hybridized carbons (Fsp3) is 0.818. The number of carbonyl (C=O) groups is 6. The number of carboxylic acid groups (broad SMARTS) is 3. The number of carboxylic acids is 3. The minimum atomic E-state index is -1.18. The molecule has 6 aliphatic rings. The minimum absolute atomic E-state index is 0. The van der Waals surface area contributed by atoms with Crippen molar-refractivity contribution in [3.63, 3.8) is 0 Å². The van der Waals surface area contributed by atoms with E-state index in [0.717, 1.165) is 38.5 Å². The molecule has 0 aliphatic heterocycles. The van der Waals surface area contributed by atoms with Crippen molar-refractivity contribution in [3.8, 4) is 0 Å². The predicted molar refractivity (Wildman–Crippen MR) is 158 cm³/mol. The van der Waals surface area contributed by atoms with Gasteiger partial charge in [0.2, 0.25) is 0 Å². The van der Waals surface area contributed by atoms with E-state index in [0.29, 0.717) is 0 Å². The molecule has 4 radical (unpaired) electrons. The zero-order chi connectivity index (χ0) is 32.2. The van der Waals surface area contributed by atoms with Crippen molar-refractivity contribution in [2.75, 3.05) is 0 Å². The van der Waals surface area contributed by atoms with Crippen molar-refractivity contribution in [3.05, 3.63) is 0 Å². The van der Waals surface area contributed by atoms with E-state index in [-0.39, 0.29) is 115 Å². The number of hydrogen-bond acceptors (Lipinski definition) is 10. The maximum Gasteiger partial charge on any atom is 3.00 e. The second kappa shape index (κ2) is 13.8. The summed E-state index contributed by atoms with van der Waals surface area (Å²) in [4.78, 5) is 68.5. The molecular formula is C33H46Bi2O11. The monoisotopic (exact) mass is 1040 g/mol. The van der Waals surface area contributed by atoms with Crippen LogP contribution in [0.5, 0.6) is 0 Å². The van der Waals surface area contributed by atoms with E-state index in [2.05, 4.69) is 0 Å². The van der Waals surface area contributed by atoms with E-state index in [1.165, 1.54) is 0 Å². The molecule has 0 aromatic heterocycles. The first-order chi connectivity index (χ1) is 19.0. The molecule has 6 fully saturated rings. The van der Waals surface area contributed by atoms with Gasteiger partial charge >= 0.3 is 52.4 Å². The van der Waals surface area contributed by atoms with Gasteiger partial charge in [-0.25, -0.2) is 0 Å². The van der Waals surface area contributed by atoms with Crippen molar-refractivity contribution in [1.82, 2.24) is 0 Å². The van der Waals surface area contributed by atoms with Gasteiger partial charge in [0.25, 0.3) is 0 Å². The van der Waals surface area contributed by atoms with Crippen LogP contribution in [0.4, 0.5) is 0 Å². The summed E-state index contributed by atoms with van der Waals surface area (Å²) in [5.74, 6) is -6.53. The van der Waals surface area contributed by atoms with Gasteiger partial charge in [-0.15, -0.1) is 0 Å². The van der Waals surface area contributed by atoms with Gasteiger partial charge in [-0.1, -0.05) is 62.3 Å². The molecule has 1 N–H and O–H groups in total. The van der Waals surface area contributed by atoms with E-state index >= 15 is 0 Å². The van der Waals surface area contributed by atoms with Gasteiger partial charge in [0, 0.05) is 16.2 Å². The van der Waals surface area contributed by atoms with Gasteiger partial charge < -0.3 is 40.7 Å². The third-order valence-electron chi connectivity index (χ3n) is 14.4. The average molecular weight is 1040 g/mol. The average Bonchev–Trinajstić information content (AvgIpc) is 3.48. The summed E-state index contributed by atoms with van der Waals surface area (Å²) in [6, 6.07) is 0. The third kappa shape index (κ3) is 5.67. The number of carbonyl (C=O) groups excluding carboxylic acids is 6. The molecule has 0 aromatic carbocycles. The van der Waals surface area contributed by atoms with Crippen LogP contribution in [0.3, 0.4) is 0 Å². The number of rotatable bonds is 3. The normalized spacial score (nSPS) is 40.5. The van der Waals surface area contributed by atoms with Gasteiger partial charge in [-0.2, -0.15) is 0 Å². The summed E-state index contributed by atoms with van der Waals surface area (Å²) >= 11 is 0. The fourth-order valence-electron chi connectivity index (χ4n) is 10.1. The van der Waals surface area contributed by atoms with E-state index in [1.54, 1.807) is 0 Å². The molecule has 6 saturated carbocycles. The molecule has 0 amide bonds. The first-order valence-corrected chi connectivity index (χ1v) is 15.2. The quantitative estimate of drug-likeness (QED) is 0.273. The second-order valence-electron chi connectivity index (χ2n) is 16.1. The summed E-state index contributed by atoms with van der Waals surface area (Å²) in [6.45, 7) is 17.7. The molecule has 46 heavy (non-hydrogen) atoms. The van der Waals surface area contributed by atoms with Crippen LogP contribution in [-0.2, 0) is 34.2 Å². The summed E-state index contributed by atoms with van der Waals surface area (Å²) in [7, 11) is 0. The molecule has 13 heteroatoms. The van der Waals surface area contributed by atoms with Crippen LogP contribution in [0, 0.1) is 68.0 Å². The van der Waals surface area contributed by atoms with Crippen LogP contribution in [0.25, 0.3) is 0 Å². The maximum atomic E-state index is 11.9. The van der Waals surface area contributed by atoms with E-state index in [1.807, 2.05) is 62.3 Å². The van der Waals surface area contributed by atoms with Crippen LogP contribution in [-0.4, -0.2) is 93.1 Å². The zero-order valence-electron chi connectivity index (χ0n) is 28.1. The first kappa shape index (κ1) is 45.1. The molecular weight excluding hydrogens is 990 g/mol. The summed E-state index contributed by atoms with van der Waals surface area (Å²) in [5, 5.41) is 32.7. The molecule has 0 unspecified atom stereocenters. The molecule has 6 aliphatic carbocycles. The molecule has 0 heterocycles. The Bertz CT molecular complexity index is 1120. The van der Waals surface area contributed by atoms with Gasteiger partial charge in [0.1, 0.15) is 17.3 Å². The molecule has 6 rings (SSSR count). The number of ketones is 3. The van der Waals surface area contributed by atoms with E-state index in [4.69, 9.17) is 0 Å². The Morgan fingerprint density at radius 3 is 0.761 bits per heavy atom. The number of Topliss-reactive ketones (excluding diaryl/α,β-unsaturated/α-hetero) is 3. The second-order valence-corrected chi connectivity index (χ2v) is 16.1. The number of aliphatic carboxylic acids is 3. The van der Waals surface area contributed by atoms with Gasteiger partial charge in [0.05, 0.1) is 35.7 Å². The van der Waals surface area contributed by atoms with Crippen molar-refractivity contribution in [1.29, 1.82) is 0 Å². The summed E-state index contributed by atoms with van der Waals surface area (Å²) < 4.78 is 0. The number of fused-ring (bicyclic) bond motifs is 6. The fourth-order valence-corrected chi connectivity index (χ4v) is 10.1. The molecule has 11 nitrogen and oxygen atoms in total. The molecule has 254 valence electrons. The van der Waals surface area contributed by atoms with E-state index < -0.39 is 51.9 Å². The van der Waals surface area contributed by atoms with Crippen molar-refractivity contribution >= 4 is 87.7 Å². The topological polar surface area (TPSA) is 230 Å². The van der Waals surface area contributed by atoms with Crippen molar-refractivity contribution in [2.45, 2.75) is 101 Å². The smallest absolute Gasteiger partial charge is 2.00 e. The van der Waals surface area contributed by atoms with Crippen LogP contribution in [0.15, 0.2) is 0 Å². The first-order valence-electron chi connectivity index (χ1n) is 15.2. The van der Waals surface area contributed by atoms with Gasteiger partial charge in [0.15, 0.2) is 0 Å². The van der Waals surface area contributed by atoms with Crippen molar-refractivity contribution < 1.29 is 55.0 Å². The van der Waals surface area contributed by atoms with Crippen LogP contribution >= 0.6 is 0 Å². The van der Waals surface area contributed by atoms with E-state index in [9.17, 15) is 44.1 Å². The van der Waals surface area contributed by atoms with Crippen molar-refractivity contribution in [2.24, 2.45) is 68.0 Å². The Kier molecular flexibility index (Phi) is 13.5. The van der Waals surface area contributed by atoms with Crippen LogP contribution in [0.2, 0.25) is 0 Å². The molecule has 0 saturated heterocycles. The zero-order valence-corrected chi connectivity index (χ0v) is 35.1. The Morgan fingerprint density at radius 2 is 0.674 bits per heavy atom.